The van der Waals surface area contributed by atoms with E-state index in [9.17, 15) is 14.4 Å². The van der Waals surface area contributed by atoms with Crippen LogP contribution in [0.15, 0.2) is 75.3 Å². The van der Waals surface area contributed by atoms with Crippen LogP contribution < -0.4 is 5.56 Å². The van der Waals surface area contributed by atoms with Crippen molar-refractivity contribution in [3.05, 3.63) is 97.8 Å². The Morgan fingerprint density at radius 3 is 2.49 bits per heavy atom. The summed E-state index contributed by atoms with van der Waals surface area (Å²) in [4.78, 5) is 46.9. The number of thiophene rings is 1. The standard InChI is InChI=1S/C28H28BrN3O4S/c1-3-23(31(16-14-24(33)36-4-2)27(34)20-10-12-21(29)13-11-20)25-30-26-22(15-17-37-26)28(35)32(25)18-19-8-6-5-7-9-19/h5-13,15,17,23H,3-4,14,16,18H2,1-2H3. The Hall–Kier alpha value is -3.30. The number of carbonyl (C=O) groups is 2. The smallest absolute Gasteiger partial charge is 0.307 e. The van der Waals surface area contributed by atoms with Crippen LogP contribution >= 0.6 is 27.3 Å². The monoisotopic (exact) mass is 581 g/mol. The van der Waals surface area contributed by atoms with Gasteiger partial charge in [0.2, 0.25) is 0 Å². The van der Waals surface area contributed by atoms with E-state index in [0.29, 0.717) is 34.6 Å². The van der Waals surface area contributed by atoms with Crippen molar-refractivity contribution in [1.29, 1.82) is 0 Å². The zero-order chi connectivity index (χ0) is 26.4. The number of halogens is 1. The van der Waals surface area contributed by atoms with Crippen LogP contribution in [0.4, 0.5) is 0 Å². The molecular weight excluding hydrogens is 554 g/mol. The van der Waals surface area contributed by atoms with E-state index in [1.807, 2.05) is 42.6 Å². The zero-order valence-corrected chi connectivity index (χ0v) is 23.1. The molecule has 0 aliphatic carbocycles. The van der Waals surface area contributed by atoms with Crippen LogP contribution in [0.2, 0.25) is 0 Å². The molecule has 0 bridgehead atoms. The summed E-state index contributed by atoms with van der Waals surface area (Å²) < 4.78 is 7.64. The lowest BCUT2D eigenvalue weighted by Crippen LogP contribution is -2.40. The van der Waals surface area contributed by atoms with E-state index in [4.69, 9.17) is 9.72 Å². The Labute approximate surface area is 227 Å². The van der Waals surface area contributed by atoms with Crippen molar-refractivity contribution >= 4 is 49.4 Å². The molecule has 0 aliphatic heterocycles. The van der Waals surface area contributed by atoms with Gasteiger partial charge in [-0.15, -0.1) is 11.3 Å². The van der Waals surface area contributed by atoms with E-state index >= 15 is 0 Å². The highest BCUT2D eigenvalue weighted by Gasteiger charge is 2.30. The SMILES string of the molecule is CCOC(=O)CCN(C(=O)c1ccc(Br)cc1)C(CC)c1nc2sccc2c(=O)n1Cc1ccccc1. The Kier molecular flexibility index (Phi) is 8.89. The quantitative estimate of drug-likeness (QED) is 0.220. The number of carbonyl (C=O) groups excluding carboxylic acids is 2. The predicted octanol–water partition coefficient (Wildman–Crippen LogP) is 5.82. The van der Waals surface area contributed by atoms with Crippen LogP contribution in [-0.2, 0) is 16.1 Å². The normalized spacial score (nSPS) is 11.9. The highest BCUT2D eigenvalue weighted by molar-refractivity contribution is 9.10. The molecule has 0 N–H and O–H groups in total. The number of aromatic nitrogens is 2. The molecule has 2 aromatic carbocycles. The summed E-state index contributed by atoms with van der Waals surface area (Å²) >= 11 is 4.81. The first-order chi connectivity index (χ1) is 17.9. The number of rotatable bonds is 10. The molecule has 2 heterocycles. The predicted molar refractivity (Wildman–Crippen MR) is 149 cm³/mol. The first kappa shape index (κ1) is 26.8. The first-order valence-electron chi connectivity index (χ1n) is 12.2. The fraction of sp³-hybridized carbons (Fsp3) is 0.286. The third kappa shape index (κ3) is 6.17. The van der Waals surface area contributed by atoms with Crippen molar-refractivity contribution in [2.24, 2.45) is 0 Å². The molecule has 2 aromatic heterocycles. The second kappa shape index (κ2) is 12.3. The maximum atomic E-state index is 13.8. The third-order valence-corrected chi connectivity index (χ3v) is 7.41. The van der Waals surface area contributed by atoms with Gasteiger partial charge in [-0.05, 0) is 54.6 Å². The maximum absolute atomic E-state index is 13.8. The second-order valence-electron chi connectivity index (χ2n) is 8.47. The van der Waals surface area contributed by atoms with Crippen molar-refractivity contribution in [2.75, 3.05) is 13.2 Å². The Bertz CT molecular complexity index is 1430. The van der Waals surface area contributed by atoms with Crippen molar-refractivity contribution in [3.8, 4) is 0 Å². The number of amides is 1. The van der Waals surface area contributed by atoms with Crippen molar-refractivity contribution in [2.45, 2.75) is 39.3 Å². The van der Waals surface area contributed by atoms with Crippen molar-refractivity contribution in [1.82, 2.24) is 14.5 Å². The van der Waals surface area contributed by atoms with Gasteiger partial charge in [0.25, 0.3) is 11.5 Å². The molecule has 4 aromatic rings. The van der Waals surface area contributed by atoms with Gasteiger partial charge in [-0.2, -0.15) is 0 Å². The molecule has 7 nitrogen and oxygen atoms in total. The lowest BCUT2D eigenvalue weighted by atomic mass is 10.1. The first-order valence-corrected chi connectivity index (χ1v) is 13.8. The number of benzene rings is 2. The minimum absolute atomic E-state index is 0.0385. The Morgan fingerprint density at radius 2 is 1.81 bits per heavy atom. The van der Waals surface area contributed by atoms with Crippen molar-refractivity contribution < 1.29 is 14.3 Å². The van der Waals surface area contributed by atoms with E-state index in [1.54, 1.807) is 46.7 Å². The van der Waals surface area contributed by atoms with Gasteiger partial charge in [0.15, 0.2) is 0 Å². The van der Waals surface area contributed by atoms with Crippen LogP contribution in [0.1, 0.15) is 54.5 Å². The van der Waals surface area contributed by atoms with Gasteiger partial charge in [0.05, 0.1) is 31.0 Å². The largest absolute Gasteiger partial charge is 0.466 e. The third-order valence-electron chi connectivity index (χ3n) is 6.07. The number of hydrogen-bond donors (Lipinski definition) is 0. The fourth-order valence-corrected chi connectivity index (χ4v) is 5.31. The van der Waals surface area contributed by atoms with Crippen LogP contribution in [0.3, 0.4) is 0 Å². The number of nitrogens with zero attached hydrogens (tertiary/aromatic N) is 3. The number of hydrogen-bond acceptors (Lipinski definition) is 6. The Balaban J connectivity index is 1.82. The van der Waals surface area contributed by atoms with Crippen LogP contribution in [0.5, 0.6) is 0 Å². The van der Waals surface area contributed by atoms with Crippen LogP contribution in [-0.4, -0.2) is 39.5 Å². The molecule has 4 rings (SSSR count). The summed E-state index contributed by atoms with van der Waals surface area (Å²) in [5, 5.41) is 2.40. The molecule has 0 aliphatic rings. The summed E-state index contributed by atoms with van der Waals surface area (Å²) in [7, 11) is 0. The van der Waals surface area contributed by atoms with Crippen molar-refractivity contribution in [3.63, 3.8) is 0 Å². The number of fused-ring (bicyclic) bond motifs is 1. The summed E-state index contributed by atoms with van der Waals surface area (Å²) in [5.41, 5.74) is 1.29. The molecular formula is C28H28BrN3O4S. The average Bonchev–Trinajstić information content (AvgIpc) is 3.38. The van der Waals surface area contributed by atoms with Gasteiger partial charge in [-0.3, -0.25) is 19.0 Å². The lowest BCUT2D eigenvalue weighted by Gasteiger charge is -2.32. The van der Waals surface area contributed by atoms with Crippen LogP contribution in [0, 0.1) is 0 Å². The van der Waals surface area contributed by atoms with Gasteiger partial charge in [-0.25, -0.2) is 4.98 Å². The summed E-state index contributed by atoms with van der Waals surface area (Å²) in [6, 6.07) is 18.0. The molecule has 37 heavy (non-hydrogen) atoms. The average molecular weight is 583 g/mol. The minimum atomic E-state index is -0.534. The topological polar surface area (TPSA) is 81.5 Å². The highest BCUT2D eigenvalue weighted by atomic mass is 79.9. The van der Waals surface area contributed by atoms with E-state index in [2.05, 4.69) is 15.9 Å². The molecule has 1 atom stereocenters. The van der Waals surface area contributed by atoms with Crippen LogP contribution in [0.25, 0.3) is 10.2 Å². The summed E-state index contributed by atoms with van der Waals surface area (Å²) in [6.45, 7) is 4.43. The lowest BCUT2D eigenvalue weighted by molar-refractivity contribution is -0.143. The summed E-state index contributed by atoms with van der Waals surface area (Å²) in [5.74, 6) is -0.120. The van der Waals surface area contributed by atoms with Gasteiger partial charge >= 0.3 is 5.97 Å². The molecule has 0 saturated heterocycles. The van der Waals surface area contributed by atoms with E-state index < -0.39 is 6.04 Å². The van der Waals surface area contributed by atoms with E-state index in [1.165, 1.54) is 11.3 Å². The van der Waals surface area contributed by atoms with Gasteiger partial charge in [0.1, 0.15) is 10.7 Å². The second-order valence-corrected chi connectivity index (χ2v) is 10.3. The molecule has 0 saturated carbocycles. The van der Waals surface area contributed by atoms with E-state index in [-0.39, 0.29) is 37.0 Å². The number of esters is 1. The molecule has 1 unspecified atom stereocenters. The molecule has 192 valence electrons. The highest BCUT2D eigenvalue weighted by Crippen LogP contribution is 2.28. The molecule has 0 spiro atoms. The zero-order valence-electron chi connectivity index (χ0n) is 20.7. The number of ether oxygens (including phenoxy) is 1. The van der Waals surface area contributed by atoms with Gasteiger partial charge in [-0.1, -0.05) is 53.2 Å². The molecule has 1 amide bonds. The summed E-state index contributed by atoms with van der Waals surface area (Å²) in [6.07, 6.45) is 0.542. The maximum Gasteiger partial charge on any atom is 0.307 e. The molecule has 0 radical (unpaired) electrons. The molecule has 9 heteroatoms. The van der Waals surface area contributed by atoms with Gasteiger partial charge < -0.3 is 9.64 Å². The van der Waals surface area contributed by atoms with E-state index in [0.717, 1.165) is 10.0 Å². The van der Waals surface area contributed by atoms with Gasteiger partial charge in [0, 0.05) is 16.6 Å². The minimum Gasteiger partial charge on any atom is -0.466 e. The molecule has 0 fully saturated rings. The fourth-order valence-electron chi connectivity index (χ4n) is 4.28. The Morgan fingerprint density at radius 1 is 1.08 bits per heavy atom.